The Bertz CT molecular complexity index is 318. The van der Waals surface area contributed by atoms with Gasteiger partial charge in [-0.1, -0.05) is 0 Å². The zero-order valence-electron chi connectivity index (χ0n) is 6.19. The molecule has 0 unspecified atom stereocenters. The Hall–Kier alpha value is -0.360. The summed E-state index contributed by atoms with van der Waals surface area (Å²) in [5, 5.41) is 1.52. The first-order valence-corrected chi connectivity index (χ1v) is 4.90. The van der Waals surface area contributed by atoms with Gasteiger partial charge in [0.2, 0.25) is 5.78 Å². The number of thiophene rings is 1. The molecule has 0 fully saturated rings. The third-order valence-corrected chi connectivity index (χ3v) is 2.86. The highest BCUT2D eigenvalue weighted by Gasteiger charge is 2.37. The van der Waals surface area contributed by atoms with Gasteiger partial charge < -0.3 is 0 Å². The van der Waals surface area contributed by atoms with E-state index in [4.69, 9.17) is 0 Å². The fourth-order valence-corrected chi connectivity index (χ4v) is 1.93. The second-order valence-corrected chi connectivity index (χ2v) is 4.65. The monoisotopic (exact) mass is 272 g/mol. The summed E-state index contributed by atoms with van der Waals surface area (Å²) in [5.41, 5.74) is 0.388. The first-order valence-electron chi connectivity index (χ1n) is 3.22. The van der Waals surface area contributed by atoms with E-state index in [1.165, 1.54) is 22.8 Å². The molecule has 0 saturated carbocycles. The van der Waals surface area contributed by atoms with Crippen LogP contribution in [0.2, 0.25) is 0 Å². The van der Waals surface area contributed by atoms with Gasteiger partial charge in [-0.15, -0.1) is 11.3 Å². The molecule has 0 aromatic carbocycles. The molecule has 0 atom stereocenters. The second kappa shape index (κ2) is 3.79. The molecule has 0 amide bonds. The van der Waals surface area contributed by atoms with Gasteiger partial charge in [-0.3, -0.25) is 4.79 Å². The fourth-order valence-electron chi connectivity index (χ4n) is 0.724. The van der Waals surface area contributed by atoms with Crippen molar-refractivity contribution < 1.29 is 18.0 Å². The zero-order valence-corrected chi connectivity index (χ0v) is 8.59. The summed E-state index contributed by atoms with van der Waals surface area (Å²) in [5.74, 6) is -1.71. The van der Waals surface area contributed by atoms with Crippen molar-refractivity contribution in [1.29, 1.82) is 0 Å². The molecule has 72 valence electrons. The van der Waals surface area contributed by atoms with Gasteiger partial charge >= 0.3 is 6.18 Å². The Morgan fingerprint density at radius 2 is 2.15 bits per heavy atom. The van der Waals surface area contributed by atoms with E-state index in [1.807, 2.05) is 0 Å². The lowest BCUT2D eigenvalue weighted by Crippen LogP contribution is -2.24. The van der Waals surface area contributed by atoms with Crippen LogP contribution in [0.1, 0.15) is 5.56 Å². The molecule has 0 aliphatic heterocycles. The van der Waals surface area contributed by atoms with Gasteiger partial charge in [0.1, 0.15) is 0 Å². The maximum atomic E-state index is 11.8. The standard InChI is InChI=1S/C7H4BrF3OS/c8-6-2-4(3-13-6)1-5(12)7(9,10)11/h2-3H,1H2. The minimum atomic E-state index is -4.73. The van der Waals surface area contributed by atoms with Crippen molar-refractivity contribution in [3.05, 3.63) is 20.8 Å². The average Bonchev–Trinajstić information content (AvgIpc) is 2.33. The number of alkyl halides is 3. The lowest BCUT2D eigenvalue weighted by Gasteiger charge is -2.02. The van der Waals surface area contributed by atoms with Gasteiger partial charge in [0.05, 0.1) is 3.79 Å². The summed E-state index contributed by atoms with van der Waals surface area (Å²) in [6.45, 7) is 0. The number of ketones is 1. The predicted octanol–water partition coefficient (Wildman–Crippen LogP) is 3.18. The molecule has 1 heterocycles. The van der Waals surface area contributed by atoms with E-state index in [0.29, 0.717) is 5.56 Å². The van der Waals surface area contributed by atoms with Crippen LogP contribution in [0.15, 0.2) is 15.2 Å². The van der Waals surface area contributed by atoms with Crippen molar-refractivity contribution in [2.75, 3.05) is 0 Å². The topological polar surface area (TPSA) is 17.1 Å². The Morgan fingerprint density at radius 3 is 2.54 bits per heavy atom. The van der Waals surface area contributed by atoms with Crippen molar-refractivity contribution in [1.82, 2.24) is 0 Å². The van der Waals surface area contributed by atoms with Crippen molar-refractivity contribution >= 4 is 33.0 Å². The highest BCUT2D eigenvalue weighted by Crippen LogP contribution is 2.24. The molecule has 0 radical (unpaired) electrons. The van der Waals surface area contributed by atoms with Crippen molar-refractivity contribution in [2.45, 2.75) is 12.6 Å². The van der Waals surface area contributed by atoms with Crippen molar-refractivity contribution in [3.8, 4) is 0 Å². The lowest BCUT2D eigenvalue weighted by molar-refractivity contribution is -0.170. The van der Waals surface area contributed by atoms with E-state index in [9.17, 15) is 18.0 Å². The molecule has 1 aromatic rings. The highest BCUT2D eigenvalue weighted by molar-refractivity contribution is 9.11. The third-order valence-electron chi connectivity index (χ3n) is 1.30. The first-order chi connectivity index (χ1) is 5.89. The summed E-state index contributed by atoms with van der Waals surface area (Å²) in [4.78, 5) is 10.5. The molecule has 13 heavy (non-hydrogen) atoms. The van der Waals surface area contributed by atoms with Crippen LogP contribution in [0.5, 0.6) is 0 Å². The van der Waals surface area contributed by atoms with Gasteiger partial charge in [-0.25, -0.2) is 0 Å². The van der Waals surface area contributed by atoms with Gasteiger partial charge in [0, 0.05) is 6.42 Å². The fraction of sp³-hybridized carbons (Fsp3) is 0.286. The van der Waals surface area contributed by atoms with E-state index in [-0.39, 0.29) is 0 Å². The van der Waals surface area contributed by atoms with Crippen LogP contribution in [0.4, 0.5) is 13.2 Å². The van der Waals surface area contributed by atoms with Crippen LogP contribution >= 0.6 is 27.3 Å². The highest BCUT2D eigenvalue weighted by atomic mass is 79.9. The molecule has 0 aliphatic rings. The Morgan fingerprint density at radius 1 is 1.54 bits per heavy atom. The Labute approximate surface area is 84.7 Å². The van der Waals surface area contributed by atoms with Gasteiger partial charge in [-0.05, 0) is 32.9 Å². The number of rotatable bonds is 2. The van der Waals surface area contributed by atoms with Crippen LogP contribution < -0.4 is 0 Å². The number of carbonyl (C=O) groups is 1. The van der Waals surface area contributed by atoms with Crippen LogP contribution in [0.3, 0.4) is 0 Å². The molecule has 0 N–H and O–H groups in total. The average molecular weight is 273 g/mol. The molecule has 0 spiro atoms. The molecule has 0 bridgehead atoms. The molecule has 1 aromatic heterocycles. The summed E-state index contributed by atoms with van der Waals surface area (Å²) in [7, 11) is 0. The van der Waals surface area contributed by atoms with E-state index in [1.54, 1.807) is 0 Å². The molecular formula is C7H4BrF3OS. The molecule has 6 heteroatoms. The van der Waals surface area contributed by atoms with Crippen molar-refractivity contribution in [3.63, 3.8) is 0 Å². The molecular weight excluding hydrogens is 269 g/mol. The normalized spacial score (nSPS) is 11.7. The van der Waals surface area contributed by atoms with Gasteiger partial charge in [0.15, 0.2) is 0 Å². The van der Waals surface area contributed by atoms with E-state index < -0.39 is 18.4 Å². The number of hydrogen-bond acceptors (Lipinski definition) is 2. The van der Waals surface area contributed by atoms with E-state index in [0.717, 1.165) is 3.79 Å². The quantitative estimate of drug-likeness (QED) is 0.808. The second-order valence-electron chi connectivity index (χ2n) is 2.36. The lowest BCUT2D eigenvalue weighted by atomic mass is 10.2. The molecule has 1 nitrogen and oxygen atoms in total. The van der Waals surface area contributed by atoms with E-state index in [2.05, 4.69) is 15.9 Å². The molecule has 0 saturated heterocycles. The van der Waals surface area contributed by atoms with Crippen LogP contribution in [0.25, 0.3) is 0 Å². The van der Waals surface area contributed by atoms with Gasteiger partial charge in [0.25, 0.3) is 0 Å². The maximum absolute atomic E-state index is 11.8. The number of halogens is 4. The van der Waals surface area contributed by atoms with Crippen molar-refractivity contribution in [2.24, 2.45) is 0 Å². The van der Waals surface area contributed by atoms with Gasteiger partial charge in [-0.2, -0.15) is 13.2 Å². The third kappa shape index (κ3) is 3.11. The number of hydrogen-bond donors (Lipinski definition) is 0. The summed E-state index contributed by atoms with van der Waals surface area (Å²) in [6.07, 6.45) is -5.31. The first kappa shape index (κ1) is 10.7. The smallest absolute Gasteiger partial charge is 0.289 e. The predicted molar refractivity (Wildman–Crippen MR) is 46.8 cm³/mol. The minimum absolute atomic E-state index is 0.388. The van der Waals surface area contributed by atoms with Crippen LogP contribution in [-0.4, -0.2) is 12.0 Å². The number of Topliss-reactive ketones (excluding diaryl/α,β-unsaturated/α-hetero) is 1. The zero-order chi connectivity index (χ0) is 10.1. The largest absolute Gasteiger partial charge is 0.450 e. The van der Waals surface area contributed by atoms with Crippen LogP contribution in [-0.2, 0) is 11.2 Å². The Balaban J connectivity index is 2.65. The van der Waals surface area contributed by atoms with E-state index >= 15 is 0 Å². The molecule has 1 rings (SSSR count). The minimum Gasteiger partial charge on any atom is -0.289 e. The SMILES string of the molecule is O=C(Cc1csc(Br)c1)C(F)(F)F. The Kier molecular flexibility index (Phi) is 3.13. The number of carbonyl (C=O) groups excluding carboxylic acids is 1. The summed E-state index contributed by atoms with van der Waals surface area (Å²) >= 11 is 4.35. The summed E-state index contributed by atoms with van der Waals surface area (Å²) in [6, 6.07) is 1.51. The molecule has 0 aliphatic carbocycles. The van der Waals surface area contributed by atoms with Crippen LogP contribution in [0, 0.1) is 0 Å². The summed E-state index contributed by atoms with van der Waals surface area (Å²) < 4.78 is 36.1. The maximum Gasteiger partial charge on any atom is 0.450 e.